The van der Waals surface area contributed by atoms with Crippen molar-refractivity contribution >= 4 is 23.6 Å². The number of rotatable bonds is 2. The number of thioether (sulfide) groups is 1. The maximum Gasteiger partial charge on any atom is 0.354 e. The number of carbonyl (C=O) groups excluding carboxylic acids is 2. The molecule has 2 aliphatic rings. The van der Waals surface area contributed by atoms with Crippen molar-refractivity contribution in [2.24, 2.45) is 5.73 Å². The lowest BCUT2D eigenvalue weighted by atomic mass is 10.1. The average Bonchev–Trinajstić information content (AvgIpc) is 2.27. The maximum atomic E-state index is 11.5. The molecule has 0 saturated carbocycles. The minimum Gasteiger partial charge on any atom is -0.461 e. The molecule has 0 aromatic carbocycles. The fourth-order valence-corrected chi connectivity index (χ4v) is 2.77. The fraction of sp³-hybridized carbons (Fsp3) is 0.556. The SMILES string of the molecule is CCOC(=O)C1=CCS[C@@H]2C(N)C(=O)N12. The third-order valence-corrected chi connectivity index (χ3v) is 3.58. The number of fused-ring (bicyclic) bond motifs is 1. The van der Waals surface area contributed by atoms with Crippen LogP contribution in [0.15, 0.2) is 11.8 Å². The third-order valence-electron chi connectivity index (χ3n) is 2.37. The van der Waals surface area contributed by atoms with E-state index in [0.29, 0.717) is 18.1 Å². The normalized spacial score (nSPS) is 29.1. The first-order valence-electron chi connectivity index (χ1n) is 4.74. The van der Waals surface area contributed by atoms with Gasteiger partial charge in [0.05, 0.1) is 6.61 Å². The highest BCUT2D eigenvalue weighted by atomic mass is 32.2. The molecule has 1 unspecified atom stereocenters. The van der Waals surface area contributed by atoms with E-state index in [4.69, 9.17) is 10.5 Å². The van der Waals surface area contributed by atoms with E-state index in [-0.39, 0.29) is 11.3 Å². The first-order valence-corrected chi connectivity index (χ1v) is 5.79. The van der Waals surface area contributed by atoms with Crippen LogP contribution in [0.1, 0.15) is 6.92 Å². The van der Waals surface area contributed by atoms with E-state index in [1.54, 1.807) is 24.8 Å². The van der Waals surface area contributed by atoms with Gasteiger partial charge in [-0.3, -0.25) is 9.69 Å². The van der Waals surface area contributed by atoms with Gasteiger partial charge in [-0.05, 0) is 13.0 Å². The maximum absolute atomic E-state index is 11.5. The molecule has 2 aliphatic heterocycles. The number of hydrogen-bond donors (Lipinski definition) is 1. The monoisotopic (exact) mass is 228 g/mol. The van der Waals surface area contributed by atoms with E-state index in [0.717, 1.165) is 0 Å². The first kappa shape index (κ1) is 10.5. The molecule has 0 aliphatic carbocycles. The molecule has 0 spiro atoms. The first-order chi connectivity index (χ1) is 7.16. The van der Waals surface area contributed by atoms with Crippen molar-refractivity contribution in [3.8, 4) is 0 Å². The summed E-state index contributed by atoms with van der Waals surface area (Å²) in [6.07, 6.45) is 1.71. The predicted molar refractivity (Wildman–Crippen MR) is 55.8 cm³/mol. The molecule has 82 valence electrons. The van der Waals surface area contributed by atoms with Gasteiger partial charge in [0.2, 0.25) is 5.91 Å². The van der Waals surface area contributed by atoms with Crippen molar-refractivity contribution < 1.29 is 14.3 Å². The highest BCUT2D eigenvalue weighted by Gasteiger charge is 2.50. The summed E-state index contributed by atoms with van der Waals surface area (Å²) in [6, 6.07) is -0.479. The van der Waals surface area contributed by atoms with E-state index in [1.807, 2.05) is 0 Å². The predicted octanol–water partition coefficient (Wildman–Crippen LogP) is -0.324. The van der Waals surface area contributed by atoms with Crippen molar-refractivity contribution in [3.05, 3.63) is 11.8 Å². The van der Waals surface area contributed by atoms with Crippen LogP contribution in [0.4, 0.5) is 0 Å². The number of nitrogens with zero attached hydrogens (tertiary/aromatic N) is 1. The standard InChI is InChI=1S/C9H12N2O3S/c1-2-14-9(13)5-3-4-15-8-6(10)7(12)11(5)8/h3,6,8H,2,4,10H2,1H3/t6?,8-/m1/s1. The van der Waals surface area contributed by atoms with Gasteiger partial charge >= 0.3 is 5.97 Å². The van der Waals surface area contributed by atoms with E-state index >= 15 is 0 Å². The molecule has 2 N–H and O–H groups in total. The van der Waals surface area contributed by atoms with Crippen LogP contribution in [0.5, 0.6) is 0 Å². The van der Waals surface area contributed by atoms with E-state index in [2.05, 4.69) is 0 Å². The van der Waals surface area contributed by atoms with Crippen LogP contribution in [0, 0.1) is 0 Å². The van der Waals surface area contributed by atoms with E-state index in [1.165, 1.54) is 4.90 Å². The minimum atomic E-state index is -0.479. The van der Waals surface area contributed by atoms with Gasteiger partial charge in [-0.2, -0.15) is 0 Å². The highest BCUT2D eigenvalue weighted by Crippen LogP contribution is 2.36. The van der Waals surface area contributed by atoms with Crippen LogP contribution in [0.3, 0.4) is 0 Å². The summed E-state index contributed by atoms with van der Waals surface area (Å²) in [4.78, 5) is 24.4. The summed E-state index contributed by atoms with van der Waals surface area (Å²) in [6.45, 7) is 2.04. The summed E-state index contributed by atoms with van der Waals surface area (Å²) in [7, 11) is 0. The summed E-state index contributed by atoms with van der Waals surface area (Å²) >= 11 is 1.56. The molecule has 0 aromatic rings. The zero-order valence-corrected chi connectivity index (χ0v) is 9.12. The smallest absolute Gasteiger partial charge is 0.354 e. The Morgan fingerprint density at radius 1 is 1.80 bits per heavy atom. The molecular formula is C9H12N2O3S. The number of β-lactam (4-membered cyclic amide) rings is 1. The number of nitrogens with two attached hydrogens (primary N) is 1. The Morgan fingerprint density at radius 2 is 2.53 bits per heavy atom. The van der Waals surface area contributed by atoms with Gasteiger partial charge < -0.3 is 10.5 Å². The van der Waals surface area contributed by atoms with E-state index in [9.17, 15) is 9.59 Å². The van der Waals surface area contributed by atoms with Gasteiger partial charge in [-0.15, -0.1) is 11.8 Å². The van der Waals surface area contributed by atoms with Crippen LogP contribution in [0.2, 0.25) is 0 Å². The van der Waals surface area contributed by atoms with Gasteiger partial charge in [0.1, 0.15) is 17.1 Å². The van der Waals surface area contributed by atoms with Crippen molar-refractivity contribution in [3.63, 3.8) is 0 Å². The molecule has 2 rings (SSSR count). The van der Waals surface area contributed by atoms with E-state index < -0.39 is 12.0 Å². The highest BCUT2D eigenvalue weighted by molar-refractivity contribution is 8.00. The van der Waals surface area contributed by atoms with Crippen LogP contribution >= 0.6 is 11.8 Å². The molecular weight excluding hydrogens is 216 g/mol. The fourth-order valence-electron chi connectivity index (χ4n) is 1.63. The van der Waals surface area contributed by atoms with Crippen LogP contribution in [-0.2, 0) is 14.3 Å². The quantitative estimate of drug-likeness (QED) is 0.518. The largest absolute Gasteiger partial charge is 0.461 e. The third kappa shape index (κ3) is 1.53. The molecule has 2 heterocycles. The number of amides is 1. The molecule has 1 fully saturated rings. The van der Waals surface area contributed by atoms with Crippen LogP contribution in [0.25, 0.3) is 0 Å². The molecule has 15 heavy (non-hydrogen) atoms. The lowest BCUT2D eigenvalue weighted by Gasteiger charge is -2.46. The zero-order valence-electron chi connectivity index (χ0n) is 8.30. The lowest BCUT2D eigenvalue weighted by molar-refractivity contribution is -0.150. The number of ether oxygens (including phenoxy) is 1. The zero-order chi connectivity index (χ0) is 11.0. The molecule has 0 bridgehead atoms. The Morgan fingerprint density at radius 3 is 3.20 bits per heavy atom. The molecule has 2 atom stereocenters. The van der Waals surface area contributed by atoms with Crippen molar-refractivity contribution in [2.45, 2.75) is 18.3 Å². The average molecular weight is 228 g/mol. The number of hydrogen-bond acceptors (Lipinski definition) is 5. The topological polar surface area (TPSA) is 72.6 Å². The summed E-state index contributed by atoms with van der Waals surface area (Å²) < 4.78 is 4.87. The molecule has 5 nitrogen and oxygen atoms in total. The summed E-state index contributed by atoms with van der Waals surface area (Å²) in [5.74, 6) is 0.0468. The van der Waals surface area contributed by atoms with Gasteiger partial charge in [0, 0.05) is 5.75 Å². The Bertz CT molecular complexity index is 342. The Labute approximate surface area is 91.6 Å². The van der Waals surface area contributed by atoms with Crippen molar-refractivity contribution in [1.82, 2.24) is 4.90 Å². The molecule has 1 amide bonds. The van der Waals surface area contributed by atoms with Crippen molar-refractivity contribution in [1.29, 1.82) is 0 Å². The van der Waals surface area contributed by atoms with Crippen LogP contribution in [-0.4, -0.2) is 40.6 Å². The lowest BCUT2D eigenvalue weighted by Crippen LogP contribution is -2.68. The second-order valence-corrected chi connectivity index (χ2v) is 4.42. The molecule has 0 radical (unpaired) electrons. The summed E-state index contributed by atoms with van der Waals surface area (Å²) in [5.41, 5.74) is 5.96. The number of esters is 1. The van der Waals surface area contributed by atoms with Gasteiger partial charge in [-0.1, -0.05) is 0 Å². The second-order valence-electron chi connectivity index (χ2n) is 3.27. The molecule has 6 heteroatoms. The number of carbonyl (C=O) groups is 2. The van der Waals surface area contributed by atoms with Gasteiger partial charge in [0.25, 0.3) is 0 Å². The summed E-state index contributed by atoms with van der Waals surface area (Å²) in [5, 5.41) is -0.0955. The van der Waals surface area contributed by atoms with Crippen LogP contribution < -0.4 is 5.73 Å². The van der Waals surface area contributed by atoms with Gasteiger partial charge in [0.15, 0.2) is 0 Å². The minimum absolute atomic E-state index is 0.0955. The Kier molecular flexibility index (Phi) is 2.70. The Balaban J connectivity index is 2.15. The molecule has 1 saturated heterocycles. The Hall–Kier alpha value is -1.01. The van der Waals surface area contributed by atoms with Crippen molar-refractivity contribution in [2.75, 3.05) is 12.4 Å². The second kappa shape index (κ2) is 3.86. The molecule has 0 aromatic heterocycles. The van der Waals surface area contributed by atoms with Gasteiger partial charge in [-0.25, -0.2) is 4.79 Å².